The number of nitrogens with one attached hydrogen (secondary N) is 1. The Labute approximate surface area is 106 Å². The molecule has 2 aromatic heterocycles. The van der Waals surface area contributed by atoms with Crippen LogP contribution in [0, 0.1) is 11.3 Å². The molecule has 0 aliphatic carbocycles. The van der Waals surface area contributed by atoms with Crippen molar-refractivity contribution in [3.63, 3.8) is 0 Å². The number of nitriles is 1. The van der Waals surface area contributed by atoms with Crippen molar-refractivity contribution >= 4 is 22.8 Å². The quantitative estimate of drug-likeness (QED) is 0.818. The Morgan fingerprint density at radius 1 is 1.44 bits per heavy atom. The van der Waals surface area contributed by atoms with Crippen LogP contribution in [0.4, 0.5) is 0 Å². The highest BCUT2D eigenvalue weighted by Crippen LogP contribution is 2.09. The Morgan fingerprint density at radius 2 is 2.17 bits per heavy atom. The zero-order chi connectivity index (χ0) is 13.3. The molecule has 0 spiro atoms. The summed E-state index contributed by atoms with van der Waals surface area (Å²) in [4.78, 5) is 30.6. The van der Waals surface area contributed by atoms with Crippen LogP contribution in [0.25, 0.3) is 11.2 Å². The summed E-state index contributed by atoms with van der Waals surface area (Å²) in [6.45, 7) is 2.00. The Bertz CT molecular complexity index is 748. The van der Waals surface area contributed by atoms with Crippen molar-refractivity contribution in [3.05, 3.63) is 26.1 Å². The Balaban J connectivity index is 2.92. The molecule has 0 saturated heterocycles. The smallest absolute Gasteiger partial charge is 0.323 e. The van der Waals surface area contributed by atoms with Crippen molar-refractivity contribution in [2.75, 3.05) is 0 Å². The van der Waals surface area contributed by atoms with Crippen molar-refractivity contribution in [2.45, 2.75) is 26.4 Å². The van der Waals surface area contributed by atoms with Gasteiger partial charge in [-0.3, -0.25) is 9.36 Å². The van der Waals surface area contributed by atoms with Gasteiger partial charge in [-0.1, -0.05) is 6.92 Å². The molecular weight excluding hydrogens is 258 g/mol. The van der Waals surface area contributed by atoms with Gasteiger partial charge in [0.25, 0.3) is 5.56 Å². The zero-order valence-corrected chi connectivity index (χ0v) is 10.4. The molecule has 0 radical (unpaired) electrons. The fourth-order valence-corrected chi connectivity index (χ4v) is 1.95. The number of rotatable bonds is 3. The predicted octanol–water partition coefficient (Wildman–Crippen LogP) is 0.473. The van der Waals surface area contributed by atoms with Crippen LogP contribution in [0.2, 0.25) is 5.28 Å². The van der Waals surface area contributed by atoms with Crippen LogP contribution in [0.1, 0.15) is 13.3 Å². The van der Waals surface area contributed by atoms with E-state index in [4.69, 9.17) is 16.9 Å². The number of aryl methyl sites for hydroxylation is 1. The van der Waals surface area contributed by atoms with Gasteiger partial charge in [0.15, 0.2) is 11.2 Å². The molecule has 0 amide bonds. The molecule has 0 unspecified atom stereocenters. The Kier molecular flexibility index (Phi) is 3.21. The van der Waals surface area contributed by atoms with E-state index in [0.29, 0.717) is 13.0 Å². The molecule has 2 heterocycles. The SMILES string of the molecule is CCCn1c(=O)n(CC#N)c(=O)c2[nH]c(Cl)nc21. The predicted molar refractivity (Wildman–Crippen MR) is 65.5 cm³/mol. The van der Waals surface area contributed by atoms with Crippen LogP contribution < -0.4 is 11.2 Å². The molecule has 0 aliphatic heterocycles. The largest absolute Gasteiger partial charge is 0.333 e. The van der Waals surface area contributed by atoms with Crippen LogP contribution in [0.15, 0.2) is 9.59 Å². The highest BCUT2D eigenvalue weighted by molar-refractivity contribution is 6.28. The van der Waals surface area contributed by atoms with Gasteiger partial charge in [0, 0.05) is 6.54 Å². The lowest BCUT2D eigenvalue weighted by molar-refractivity contribution is 0.596. The lowest BCUT2D eigenvalue weighted by Gasteiger charge is -2.07. The first-order valence-electron chi connectivity index (χ1n) is 5.36. The molecule has 8 heteroatoms. The number of aromatic nitrogens is 4. The van der Waals surface area contributed by atoms with Crippen LogP contribution >= 0.6 is 11.6 Å². The van der Waals surface area contributed by atoms with Crippen LogP contribution in [0.5, 0.6) is 0 Å². The maximum atomic E-state index is 12.1. The Morgan fingerprint density at radius 3 is 2.78 bits per heavy atom. The van der Waals surface area contributed by atoms with Crippen molar-refractivity contribution in [1.82, 2.24) is 19.1 Å². The van der Waals surface area contributed by atoms with Crippen molar-refractivity contribution in [1.29, 1.82) is 5.26 Å². The molecule has 0 fully saturated rings. The van der Waals surface area contributed by atoms with Gasteiger partial charge in [-0.05, 0) is 18.0 Å². The van der Waals surface area contributed by atoms with Crippen LogP contribution in [0.3, 0.4) is 0 Å². The fraction of sp³-hybridized carbons (Fsp3) is 0.400. The number of hydrogen-bond acceptors (Lipinski definition) is 4. The molecule has 0 atom stereocenters. The fourth-order valence-electron chi connectivity index (χ4n) is 1.77. The molecule has 2 aromatic rings. The minimum Gasteiger partial charge on any atom is -0.323 e. The third-order valence-corrected chi connectivity index (χ3v) is 2.69. The minimum atomic E-state index is -0.580. The highest BCUT2D eigenvalue weighted by atomic mass is 35.5. The second-order valence-electron chi connectivity index (χ2n) is 3.71. The van der Waals surface area contributed by atoms with E-state index in [1.807, 2.05) is 6.92 Å². The standard InChI is InChI=1S/C10H10ClN5O2/c1-2-4-15-7-6(13-9(11)14-7)8(17)16(5-3-12)10(15)18/h2,4-5H2,1H3,(H,13,14). The third-order valence-electron chi connectivity index (χ3n) is 2.51. The number of imidazole rings is 1. The first-order valence-corrected chi connectivity index (χ1v) is 5.73. The van der Waals surface area contributed by atoms with E-state index in [1.165, 1.54) is 4.57 Å². The summed E-state index contributed by atoms with van der Waals surface area (Å²) >= 11 is 5.71. The summed E-state index contributed by atoms with van der Waals surface area (Å²) in [5.41, 5.74) is -0.753. The number of H-pyrrole nitrogens is 1. The van der Waals surface area contributed by atoms with Gasteiger partial charge in [0.05, 0.1) is 6.07 Å². The van der Waals surface area contributed by atoms with E-state index in [9.17, 15) is 9.59 Å². The normalized spacial score (nSPS) is 10.7. The zero-order valence-electron chi connectivity index (χ0n) is 9.60. The van der Waals surface area contributed by atoms with E-state index in [1.54, 1.807) is 6.07 Å². The monoisotopic (exact) mass is 267 g/mol. The summed E-state index contributed by atoms with van der Waals surface area (Å²) in [6, 6.07) is 1.79. The minimum absolute atomic E-state index is 0.0426. The Hall–Kier alpha value is -2.07. The molecule has 0 aromatic carbocycles. The maximum Gasteiger partial charge on any atom is 0.333 e. The van der Waals surface area contributed by atoms with Gasteiger partial charge in [-0.25, -0.2) is 9.36 Å². The molecule has 0 aliphatic rings. The first-order chi connectivity index (χ1) is 8.60. The molecule has 7 nitrogen and oxygen atoms in total. The molecular formula is C10H10ClN5O2. The van der Waals surface area contributed by atoms with Gasteiger partial charge >= 0.3 is 5.69 Å². The van der Waals surface area contributed by atoms with E-state index >= 15 is 0 Å². The first kappa shape index (κ1) is 12.4. The van der Waals surface area contributed by atoms with Crippen molar-refractivity contribution in [2.24, 2.45) is 0 Å². The lowest BCUT2D eigenvalue weighted by atomic mass is 10.4. The second-order valence-corrected chi connectivity index (χ2v) is 4.07. The van der Waals surface area contributed by atoms with E-state index in [0.717, 1.165) is 4.57 Å². The molecule has 18 heavy (non-hydrogen) atoms. The summed E-state index contributed by atoms with van der Waals surface area (Å²) in [5.74, 6) is 0. The summed E-state index contributed by atoms with van der Waals surface area (Å²) in [5, 5.41) is 8.70. The summed E-state index contributed by atoms with van der Waals surface area (Å²) in [7, 11) is 0. The van der Waals surface area contributed by atoms with Crippen molar-refractivity contribution < 1.29 is 0 Å². The molecule has 0 saturated carbocycles. The van der Waals surface area contributed by atoms with E-state index in [2.05, 4.69) is 9.97 Å². The molecule has 2 rings (SSSR count). The second kappa shape index (κ2) is 4.66. The number of fused-ring (bicyclic) bond motifs is 1. The maximum absolute atomic E-state index is 12.1. The van der Waals surface area contributed by atoms with E-state index in [-0.39, 0.29) is 23.0 Å². The molecule has 1 N–H and O–H groups in total. The molecule has 0 bridgehead atoms. The van der Waals surface area contributed by atoms with E-state index < -0.39 is 11.2 Å². The van der Waals surface area contributed by atoms with Crippen LogP contribution in [-0.2, 0) is 13.1 Å². The van der Waals surface area contributed by atoms with Crippen molar-refractivity contribution in [3.8, 4) is 6.07 Å². The average molecular weight is 268 g/mol. The number of hydrogen-bond donors (Lipinski definition) is 1. The number of aromatic amines is 1. The summed E-state index contributed by atoms with van der Waals surface area (Å²) < 4.78 is 2.21. The lowest BCUT2D eigenvalue weighted by Crippen LogP contribution is -2.40. The van der Waals surface area contributed by atoms with Gasteiger partial charge in [0.1, 0.15) is 6.54 Å². The van der Waals surface area contributed by atoms with Crippen LogP contribution in [-0.4, -0.2) is 19.1 Å². The van der Waals surface area contributed by atoms with Gasteiger partial charge in [-0.2, -0.15) is 10.2 Å². The number of nitrogens with zero attached hydrogens (tertiary/aromatic N) is 4. The average Bonchev–Trinajstić information content (AvgIpc) is 2.72. The topological polar surface area (TPSA) is 96.5 Å². The van der Waals surface area contributed by atoms with Gasteiger partial charge in [0.2, 0.25) is 5.28 Å². The molecule has 94 valence electrons. The van der Waals surface area contributed by atoms with Gasteiger partial charge in [-0.15, -0.1) is 0 Å². The summed E-state index contributed by atoms with van der Waals surface area (Å²) in [6.07, 6.45) is 0.699. The third kappa shape index (κ3) is 1.80. The number of halogens is 1. The highest BCUT2D eigenvalue weighted by Gasteiger charge is 2.15. The van der Waals surface area contributed by atoms with Gasteiger partial charge < -0.3 is 4.98 Å².